The SMILES string of the molecule is C[C@@H](Cc1ccsc1)NCC1CCN(C(=O)c2ccccc2)CC1. The largest absolute Gasteiger partial charge is 0.339 e. The molecule has 0 saturated carbocycles. The zero-order chi connectivity index (χ0) is 16.8. The summed E-state index contributed by atoms with van der Waals surface area (Å²) in [6, 6.07) is 12.3. The van der Waals surface area contributed by atoms with E-state index in [0.29, 0.717) is 12.0 Å². The fourth-order valence-corrected chi connectivity index (χ4v) is 3.99. The van der Waals surface area contributed by atoms with E-state index in [1.807, 2.05) is 35.2 Å². The zero-order valence-electron chi connectivity index (χ0n) is 14.3. The summed E-state index contributed by atoms with van der Waals surface area (Å²) in [7, 11) is 0. The Morgan fingerprint density at radius 3 is 2.67 bits per heavy atom. The highest BCUT2D eigenvalue weighted by atomic mass is 32.1. The molecule has 2 aromatic rings. The van der Waals surface area contributed by atoms with Crippen molar-refractivity contribution in [2.24, 2.45) is 5.92 Å². The number of nitrogens with one attached hydrogen (secondary N) is 1. The van der Waals surface area contributed by atoms with Gasteiger partial charge < -0.3 is 10.2 Å². The molecule has 0 bridgehead atoms. The highest BCUT2D eigenvalue weighted by Crippen LogP contribution is 2.19. The Balaban J connectivity index is 1.40. The summed E-state index contributed by atoms with van der Waals surface area (Å²) in [6.07, 6.45) is 3.28. The van der Waals surface area contributed by atoms with Crippen LogP contribution < -0.4 is 5.32 Å². The van der Waals surface area contributed by atoms with Gasteiger partial charge in [0.15, 0.2) is 0 Å². The van der Waals surface area contributed by atoms with Gasteiger partial charge >= 0.3 is 0 Å². The lowest BCUT2D eigenvalue weighted by Crippen LogP contribution is -2.42. The maximum atomic E-state index is 12.5. The Bertz CT molecular complexity index is 618. The molecular weight excluding hydrogens is 316 g/mol. The lowest BCUT2D eigenvalue weighted by Gasteiger charge is -2.32. The average Bonchev–Trinajstić information content (AvgIpc) is 3.13. The van der Waals surface area contributed by atoms with E-state index in [1.54, 1.807) is 11.3 Å². The van der Waals surface area contributed by atoms with E-state index in [2.05, 4.69) is 29.1 Å². The number of likely N-dealkylation sites (tertiary alicyclic amines) is 1. The summed E-state index contributed by atoms with van der Waals surface area (Å²) in [6.45, 7) is 5.06. The molecular formula is C20H26N2OS. The summed E-state index contributed by atoms with van der Waals surface area (Å²) >= 11 is 1.76. The number of carbonyl (C=O) groups excluding carboxylic acids is 1. The monoisotopic (exact) mass is 342 g/mol. The first-order chi connectivity index (χ1) is 11.7. The second-order valence-corrected chi connectivity index (χ2v) is 7.53. The van der Waals surface area contributed by atoms with Crippen LogP contribution >= 0.6 is 11.3 Å². The number of carbonyl (C=O) groups is 1. The summed E-state index contributed by atoms with van der Waals surface area (Å²) in [5.74, 6) is 0.850. The fourth-order valence-electron chi connectivity index (χ4n) is 3.31. The van der Waals surface area contributed by atoms with E-state index in [9.17, 15) is 4.79 Å². The van der Waals surface area contributed by atoms with Crippen LogP contribution in [0.25, 0.3) is 0 Å². The lowest BCUT2D eigenvalue weighted by molar-refractivity contribution is 0.0689. The minimum absolute atomic E-state index is 0.174. The van der Waals surface area contributed by atoms with Crippen LogP contribution in [-0.2, 0) is 6.42 Å². The van der Waals surface area contributed by atoms with E-state index in [-0.39, 0.29) is 5.91 Å². The van der Waals surface area contributed by atoms with Crippen LogP contribution in [0.1, 0.15) is 35.7 Å². The lowest BCUT2D eigenvalue weighted by atomic mass is 9.95. The molecule has 0 aliphatic carbocycles. The highest BCUT2D eigenvalue weighted by molar-refractivity contribution is 7.07. The topological polar surface area (TPSA) is 32.3 Å². The summed E-state index contributed by atoms with van der Waals surface area (Å²) in [5, 5.41) is 8.04. The van der Waals surface area contributed by atoms with Crippen molar-refractivity contribution in [2.45, 2.75) is 32.2 Å². The molecule has 1 atom stereocenters. The third kappa shape index (κ3) is 4.68. The zero-order valence-corrected chi connectivity index (χ0v) is 15.1. The second kappa shape index (κ2) is 8.45. The van der Waals surface area contributed by atoms with Crippen molar-refractivity contribution < 1.29 is 4.79 Å². The molecule has 2 heterocycles. The number of piperidine rings is 1. The van der Waals surface area contributed by atoms with E-state index >= 15 is 0 Å². The smallest absolute Gasteiger partial charge is 0.253 e. The molecule has 1 fully saturated rings. The highest BCUT2D eigenvalue weighted by Gasteiger charge is 2.23. The Morgan fingerprint density at radius 2 is 2.00 bits per heavy atom. The third-order valence-corrected chi connectivity index (χ3v) is 5.53. The van der Waals surface area contributed by atoms with Gasteiger partial charge in [0.05, 0.1) is 0 Å². The van der Waals surface area contributed by atoms with Gasteiger partial charge in [0.1, 0.15) is 0 Å². The van der Waals surface area contributed by atoms with Crippen LogP contribution in [0.5, 0.6) is 0 Å². The number of nitrogens with zero attached hydrogens (tertiary/aromatic N) is 1. The number of thiophene rings is 1. The van der Waals surface area contributed by atoms with Gasteiger partial charge in [-0.2, -0.15) is 11.3 Å². The number of hydrogen-bond acceptors (Lipinski definition) is 3. The number of hydrogen-bond donors (Lipinski definition) is 1. The first-order valence-electron chi connectivity index (χ1n) is 8.81. The fraction of sp³-hybridized carbons (Fsp3) is 0.450. The summed E-state index contributed by atoms with van der Waals surface area (Å²) in [4.78, 5) is 14.5. The van der Waals surface area contributed by atoms with Crippen molar-refractivity contribution >= 4 is 17.2 Å². The van der Waals surface area contributed by atoms with Crippen molar-refractivity contribution in [3.05, 3.63) is 58.3 Å². The van der Waals surface area contributed by atoms with Crippen LogP contribution in [0.15, 0.2) is 47.2 Å². The van der Waals surface area contributed by atoms with Crippen molar-refractivity contribution in [3.8, 4) is 0 Å². The van der Waals surface area contributed by atoms with Gasteiger partial charge in [-0.15, -0.1) is 0 Å². The molecule has 1 amide bonds. The van der Waals surface area contributed by atoms with Crippen molar-refractivity contribution in [1.82, 2.24) is 10.2 Å². The molecule has 1 aliphatic heterocycles. The molecule has 1 N–H and O–H groups in total. The minimum Gasteiger partial charge on any atom is -0.339 e. The van der Waals surface area contributed by atoms with Gasteiger partial charge in [-0.1, -0.05) is 18.2 Å². The standard InChI is InChI=1S/C20H26N2OS/c1-16(13-18-9-12-24-15-18)21-14-17-7-10-22(11-8-17)20(23)19-5-3-2-4-6-19/h2-6,9,12,15-17,21H,7-8,10-11,13-14H2,1H3/t16-/m0/s1. The molecule has 24 heavy (non-hydrogen) atoms. The first kappa shape index (κ1) is 17.2. The Hall–Kier alpha value is -1.65. The Labute approximate surface area is 148 Å². The van der Waals surface area contributed by atoms with Gasteiger partial charge in [0.2, 0.25) is 0 Å². The predicted octanol–water partition coefficient (Wildman–Crippen LogP) is 3.82. The molecule has 0 unspecified atom stereocenters. The van der Waals surface area contributed by atoms with Crippen LogP contribution in [0.3, 0.4) is 0 Å². The number of amides is 1. The Morgan fingerprint density at radius 1 is 1.25 bits per heavy atom. The summed E-state index contributed by atoms with van der Waals surface area (Å²) in [5.41, 5.74) is 2.22. The molecule has 1 saturated heterocycles. The van der Waals surface area contributed by atoms with Crippen LogP contribution in [0.4, 0.5) is 0 Å². The first-order valence-corrected chi connectivity index (χ1v) is 9.75. The van der Waals surface area contributed by atoms with Crippen LogP contribution in [0, 0.1) is 5.92 Å². The van der Waals surface area contributed by atoms with Gasteiger partial charge in [0.25, 0.3) is 5.91 Å². The van der Waals surface area contributed by atoms with Gasteiger partial charge in [-0.3, -0.25) is 4.79 Å². The molecule has 3 rings (SSSR count). The normalized spacial score (nSPS) is 17.0. The van der Waals surface area contributed by atoms with E-state index in [1.165, 1.54) is 5.56 Å². The minimum atomic E-state index is 0.174. The van der Waals surface area contributed by atoms with Crippen LogP contribution in [-0.4, -0.2) is 36.5 Å². The average molecular weight is 343 g/mol. The molecule has 128 valence electrons. The van der Waals surface area contributed by atoms with E-state index in [0.717, 1.165) is 44.5 Å². The molecule has 4 heteroatoms. The maximum absolute atomic E-state index is 12.5. The van der Waals surface area contributed by atoms with Gasteiger partial charge in [-0.25, -0.2) is 0 Å². The maximum Gasteiger partial charge on any atom is 0.253 e. The summed E-state index contributed by atoms with van der Waals surface area (Å²) < 4.78 is 0. The molecule has 1 aliphatic rings. The van der Waals surface area contributed by atoms with Crippen molar-refractivity contribution in [2.75, 3.05) is 19.6 Å². The quantitative estimate of drug-likeness (QED) is 0.865. The van der Waals surface area contributed by atoms with Gasteiger partial charge in [0, 0.05) is 24.7 Å². The second-order valence-electron chi connectivity index (χ2n) is 6.75. The molecule has 0 spiro atoms. The van der Waals surface area contributed by atoms with Gasteiger partial charge in [-0.05, 0) is 73.2 Å². The number of benzene rings is 1. The molecule has 1 aromatic carbocycles. The van der Waals surface area contributed by atoms with E-state index in [4.69, 9.17) is 0 Å². The van der Waals surface area contributed by atoms with Crippen molar-refractivity contribution in [3.63, 3.8) is 0 Å². The predicted molar refractivity (Wildman–Crippen MR) is 101 cm³/mol. The van der Waals surface area contributed by atoms with E-state index < -0.39 is 0 Å². The third-order valence-electron chi connectivity index (χ3n) is 4.80. The van der Waals surface area contributed by atoms with Crippen molar-refractivity contribution in [1.29, 1.82) is 0 Å². The number of rotatable bonds is 6. The Kier molecular flexibility index (Phi) is 6.05. The van der Waals surface area contributed by atoms with Crippen LogP contribution in [0.2, 0.25) is 0 Å². The molecule has 0 radical (unpaired) electrons. The molecule has 3 nitrogen and oxygen atoms in total. The molecule has 1 aromatic heterocycles.